The summed E-state index contributed by atoms with van der Waals surface area (Å²) in [5.74, 6) is -0.945. The molecule has 2 N–H and O–H groups in total. The molecule has 0 saturated heterocycles. The van der Waals surface area contributed by atoms with E-state index in [0.717, 1.165) is 12.1 Å². The molecule has 0 saturated carbocycles. The Kier molecular flexibility index (Phi) is 3.59. The number of hydrogen-bond donors (Lipinski definition) is 1. The molecule has 0 bridgehead atoms. The number of nitrogens with two attached hydrogens (primary N) is 1. The zero-order valence-electron chi connectivity index (χ0n) is 8.88. The molecule has 0 amide bonds. The molecule has 0 spiro atoms. The van der Waals surface area contributed by atoms with Crippen LogP contribution in [0.1, 0.15) is 0 Å². The van der Waals surface area contributed by atoms with Gasteiger partial charge in [-0.3, -0.25) is 0 Å². The van der Waals surface area contributed by atoms with Crippen LogP contribution in [0.25, 0.3) is 0 Å². The molecule has 0 atom stereocenters. The first kappa shape index (κ1) is 12.9. The summed E-state index contributed by atoms with van der Waals surface area (Å²) in [5, 5.41) is -0.152. The van der Waals surface area contributed by atoms with Gasteiger partial charge in [0.05, 0.1) is 15.7 Å². The molecule has 0 aliphatic heterocycles. The van der Waals surface area contributed by atoms with E-state index in [-0.39, 0.29) is 27.2 Å². The SMILES string of the molecule is Nc1cc(F)c(Cl)cc1Oc1ccc(Cl)c(F)c1. The number of nitrogen functional groups attached to an aromatic ring is 1. The molecule has 0 aliphatic rings. The van der Waals surface area contributed by atoms with Crippen LogP contribution in [0.2, 0.25) is 10.0 Å². The minimum absolute atomic E-state index is 0.0209. The van der Waals surface area contributed by atoms with Crippen LogP contribution in [0.3, 0.4) is 0 Å². The molecule has 0 radical (unpaired) electrons. The third-order valence-electron chi connectivity index (χ3n) is 2.17. The van der Waals surface area contributed by atoms with Gasteiger partial charge < -0.3 is 10.5 Å². The zero-order chi connectivity index (χ0) is 13.3. The molecule has 2 rings (SSSR count). The number of rotatable bonds is 2. The maximum Gasteiger partial charge on any atom is 0.152 e. The van der Waals surface area contributed by atoms with Crippen LogP contribution in [0, 0.1) is 11.6 Å². The van der Waals surface area contributed by atoms with Crippen LogP contribution < -0.4 is 10.5 Å². The molecule has 0 fully saturated rings. The van der Waals surface area contributed by atoms with Crippen LogP contribution in [0.5, 0.6) is 11.5 Å². The van der Waals surface area contributed by atoms with Crippen molar-refractivity contribution in [3.05, 3.63) is 52.0 Å². The summed E-state index contributed by atoms with van der Waals surface area (Å²) in [6.45, 7) is 0. The quantitative estimate of drug-likeness (QED) is 0.817. The monoisotopic (exact) mass is 289 g/mol. The van der Waals surface area contributed by atoms with Gasteiger partial charge >= 0.3 is 0 Å². The Balaban J connectivity index is 2.34. The fourth-order valence-corrected chi connectivity index (χ4v) is 1.57. The molecule has 2 aromatic carbocycles. The van der Waals surface area contributed by atoms with Gasteiger partial charge in [0.25, 0.3) is 0 Å². The van der Waals surface area contributed by atoms with Crippen molar-refractivity contribution in [2.45, 2.75) is 0 Å². The second-order valence-electron chi connectivity index (χ2n) is 3.48. The fraction of sp³-hybridized carbons (Fsp3) is 0. The van der Waals surface area contributed by atoms with Crippen molar-refractivity contribution < 1.29 is 13.5 Å². The molecule has 0 aliphatic carbocycles. The van der Waals surface area contributed by atoms with Gasteiger partial charge in [-0.05, 0) is 12.1 Å². The third kappa shape index (κ3) is 2.66. The van der Waals surface area contributed by atoms with E-state index in [1.807, 2.05) is 0 Å². The number of hydrogen-bond acceptors (Lipinski definition) is 2. The predicted molar refractivity (Wildman–Crippen MR) is 67.3 cm³/mol. The summed E-state index contributed by atoms with van der Waals surface area (Å²) >= 11 is 11.1. The highest BCUT2D eigenvalue weighted by molar-refractivity contribution is 6.31. The van der Waals surface area contributed by atoms with Gasteiger partial charge in [-0.1, -0.05) is 23.2 Å². The lowest BCUT2D eigenvalue weighted by molar-refractivity contribution is 0.477. The number of ether oxygens (including phenoxy) is 1. The van der Waals surface area contributed by atoms with Crippen molar-refractivity contribution >= 4 is 28.9 Å². The second kappa shape index (κ2) is 5.00. The maximum absolute atomic E-state index is 13.2. The second-order valence-corrected chi connectivity index (χ2v) is 4.30. The Morgan fingerprint density at radius 2 is 1.61 bits per heavy atom. The highest BCUT2D eigenvalue weighted by Gasteiger charge is 2.09. The average Bonchev–Trinajstić information content (AvgIpc) is 2.31. The Bertz CT molecular complexity index is 605. The summed E-state index contributed by atoms with van der Waals surface area (Å²) in [4.78, 5) is 0. The van der Waals surface area contributed by atoms with Crippen LogP contribution in [-0.2, 0) is 0 Å². The lowest BCUT2D eigenvalue weighted by Gasteiger charge is -2.09. The van der Waals surface area contributed by atoms with Gasteiger partial charge in [-0.2, -0.15) is 0 Å². The summed E-state index contributed by atoms with van der Waals surface area (Å²) in [6.07, 6.45) is 0. The Morgan fingerprint density at radius 3 is 2.28 bits per heavy atom. The summed E-state index contributed by atoms with van der Waals surface area (Å²) in [6, 6.07) is 6.15. The first-order valence-electron chi connectivity index (χ1n) is 4.85. The van der Waals surface area contributed by atoms with E-state index in [4.69, 9.17) is 33.7 Å². The van der Waals surface area contributed by atoms with Crippen molar-refractivity contribution in [2.24, 2.45) is 0 Å². The minimum atomic E-state index is -0.649. The van der Waals surface area contributed by atoms with Gasteiger partial charge in [0.2, 0.25) is 0 Å². The van der Waals surface area contributed by atoms with Crippen molar-refractivity contribution in [3.8, 4) is 11.5 Å². The lowest BCUT2D eigenvalue weighted by atomic mass is 10.3. The molecule has 6 heteroatoms. The van der Waals surface area contributed by atoms with Crippen LogP contribution in [-0.4, -0.2) is 0 Å². The van der Waals surface area contributed by atoms with Crippen molar-refractivity contribution in [2.75, 3.05) is 5.73 Å². The summed E-state index contributed by atoms with van der Waals surface area (Å²) in [5.41, 5.74) is 5.62. The van der Waals surface area contributed by atoms with Gasteiger partial charge in [0.1, 0.15) is 17.4 Å². The zero-order valence-corrected chi connectivity index (χ0v) is 10.4. The molecule has 0 aromatic heterocycles. The number of anilines is 1. The first-order chi connectivity index (χ1) is 8.47. The van der Waals surface area contributed by atoms with E-state index in [2.05, 4.69) is 0 Å². The van der Waals surface area contributed by atoms with Crippen molar-refractivity contribution in [1.29, 1.82) is 0 Å². The van der Waals surface area contributed by atoms with E-state index in [0.29, 0.717) is 0 Å². The number of benzene rings is 2. The average molecular weight is 290 g/mol. The third-order valence-corrected chi connectivity index (χ3v) is 2.77. The topological polar surface area (TPSA) is 35.2 Å². The molecular formula is C12H7Cl2F2NO. The molecule has 0 unspecified atom stereocenters. The van der Waals surface area contributed by atoms with E-state index < -0.39 is 11.6 Å². The normalized spacial score (nSPS) is 10.4. The molecular weight excluding hydrogens is 283 g/mol. The first-order valence-corrected chi connectivity index (χ1v) is 5.60. The van der Waals surface area contributed by atoms with Crippen LogP contribution >= 0.6 is 23.2 Å². The Hall–Kier alpha value is -1.52. The molecule has 18 heavy (non-hydrogen) atoms. The summed E-state index contributed by atoms with van der Waals surface area (Å²) in [7, 11) is 0. The minimum Gasteiger partial charge on any atom is -0.455 e. The van der Waals surface area contributed by atoms with Gasteiger partial charge in [-0.25, -0.2) is 8.78 Å². The van der Waals surface area contributed by atoms with Crippen molar-refractivity contribution in [1.82, 2.24) is 0 Å². The summed E-state index contributed by atoms with van der Waals surface area (Å²) < 4.78 is 31.6. The standard InChI is InChI=1S/C12H7Cl2F2NO/c13-7-2-1-6(3-9(7)15)18-12-4-8(14)10(16)5-11(12)17/h1-5H,17H2. The van der Waals surface area contributed by atoms with Crippen LogP contribution in [0.15, 0.2) is 30.3 Å². The highest BCUT2D eigenvalue weighted by Crippen LogP contribution is 2.33. The van der Waals surface area contributed by atoms with Crippen molar-refractivity contribution in [3.63, 3.8) is 0 Å². The van der Waals surface area contributed by atoms with E-state index in [1.54, 1.807) is 0 Å². The molecule has 2 aromatic rings. The Morgan fingerprint density at radius 1 is 0.944 bits per heavy atom. The van der Waals surface area contributed by atoms with E-state index in [9.17, 15) is 8.78 Å². The molecule has 94 valence electrons. The maximum atomic E-state index is 13.2. The number of halogens is 4. The fourth-order valence-electron chi connectivity index (χ4n) is 1.30. The van der Waals surface area contributed by atoms with Gasteiger partial charge in [0, 0.05) is 18.2 Å². The smallest absolute Gasteiger partial charge is 0.152 e. The highest BCUT2D eigenvalue weighted by atomic mass is 35.5. The predicted octanol–water partition coefficient (Wildman–Crippen LogP) is 4.65. The van der Waals surface area contributed by atoms with E-state index in [1.165, 1.54) is 18.2 Å². The van der Waals surface area contributed by atoms with E-state index >= 15 is 0 Å². The van der Waals surface area contributed by atoms with Gasteiger partial charge in [0.15, 0.2) is 5.75 Å². The largest absolute Gasteiger partial charge is 0.455 e. The Labute approximate surface area is 112 Å². The lowest BCUT2D eigenvalue weighted by Crippen LogP contribution is -1.94. The van der Waals surface area contributed by atoms with Gasteiger partial charge in [-0.15, -0.1) is 0 Å². The molecule has 2 nitrogen and oxygen atoms in total. The molecule has 0 heterocycles. The van der Waals surface area contributed by atoms with Crippen LogP contribution in [0.4, 0.5) is 14.5 Å².